The Kier molecular flexibility index (Phi) is 5.10. The van der Waals surface area contributed by atoms with Crippen molar-refractivity contribution in [2.24, 2.45) is 0 Å². The maximum atomic E-state index is 13.2. The molecule has 3 heteroatoms. The molecule has 0 fully saturated rings. The lowest BCUT2D eigenvalue weighted by molar-refractivity contribution is 0.347. The largest absolute Gasteiger partial charge is 0.367 e. The van der Waals surface area contributed by atoms with E-state index in [0.29, 0.717) is 0 Å². The Balaban J connectivity index is 1.40. The summed E-state index contributed by atoms with van der Waals surface area (Å²) in [6, 6.07) is 26.2. The predicted molar refractivity (Wildman–Crippen MR) is 121 cm³/mol. The highest BCUT2D eigenvalue weighted by Gasteiger charge is 2.20. The summed E-state index contributed by atoms with van der Waals surface area (Å²) in [5.74, 6) is -0.186. The lowest BCUT2D eigenvalue weighted by Gasteiger charge is -2.25. The van der Waals surface area contributed by atoms with Crippen molar-refractivity contribution in [2.45, 2.75) is 32.5 Å². The quantitative estimate of drug-likeness (QED) is 0.366. The van der Waals surface area contributed by atoms with Crippen molar-refractivity contribution >= 4 is 17.0 Å². The molecule has 0 amide bonds. The highest BCUT2D eigenvalue weighted by Crippen LogP contribution is 2.32. The van der Waals surface area contributed by atoms with Crippen LogP contribution >= 0.6 is 0 Å². The Morgan fingerprint density at radius 1 is 0.800 bits per heavy atom. The number of benzene rings is 3. The van der Waals surface area contributed by atoms with Crippen molar-refractivity contribution < 1.29 is 4.39 Å². The molecule has 0 radical (unpaired) electrons. The van der Waals surface area contributed by atoms with Crippen LogP contribution in [0.4, 0.5) is 4.39 Å². The number of halogens is 1. The van der Waals surface area contributed by atoms with E-state index in [0.717, 1.165) is 38.0 Å². The molecule has 0 saturated heterocycles. The number of nitrogens with zero attached hydrogens (tertiary/aromatic N) is 2. The molecule has 0 unspecified atom stereocenters. The zero-order valence-electron chi connectivity index (χ0n) is 17.0. The lowest BCUT2D eigenvalue weighted by atomic mass is 10.1. The predicted octanol–water partition coefficient (Wildman–Crippen LogP) is 6.40. The zero-order valence-corrected chi connectivity index (χ0v) is 17.0. The minimum Gasteiger partial charge on any atom is -0.367 e. The summed E-state index contributed by atoms with van der Waals surface area (Å²) >= 11 is 0. The van der Waals surface area contributed by atoms with E-state index in [1.165, 1.54) is 39.9 Å². The van der Waals surface area contributed by atoms with Gasteiger partial charge in [-0.15, -0.1) is 0 Å². The summed E-state index contributed by atoms with van der Waals surface area (Å²) in [7, 11) is 0. The van der Waals surface area contributed by atoms with Crippen LogP contribution in [0.2, 0.25) is 0 Å². The van der Waals surface area contributed by atoms with E-state index in [-0.39, 0.29) is 5.82 Å². The highest BCUT2D eigenvalue weighted by atomic mass is 19.1. The first kappa shape index (κ1) is 18.7. The molecule has 0 atom stereocenters. The number of fused-ring (bicyclic) bond motifs is 3. The van der Waals surface area contributed by atoms with E-state index >= 15 is 0 Å². The number of aromatic nitrogens is 1. The molecule has 1 aromatic heterocycles. The molecule has 0 N–H and O–H groups in total. The second kappa shape index (κ2) is 8.19. The Labute approximate surface area is 176 Å². The topological polar surface area (TPSA) is 8.17 Å². The van der Waals surface area contributed by atoms with Gasteiger partial charge in [0.1, 0.15) is 5.82 Å². The van der Waals surface area contributed by atoms with Gasteiger partial charge in [-0.05, 0) is 48.2 Å². The van der Waals surface area contributed by atoms with Gasteiger partial charge in [-0.25, -0.2) is 4.39 Å². The molecule has 0 aliphatic carbocycles. The van der Waals surface area contributed by atoms with E-state index in [2.05, 4.69) is 76.3 Å². The molecule has 4 aromatic rings. The third kappa shape index (κ3) is 3.76. The second-order valence-electron chi connectivity index (χ2n) is 7.97. The fourth-order valence-corrected chi connectivity index (χ4v) is 4.44. The van der Waals surface area contributed by atoms with E-state index in [1.54, 1.807) is 0 Å². The van der Waals surface area contributed by atoms with E-state index in [9.17, 15) is 4.39 Å². The molecule has 3 aromatic carbocycles. The van der Waals surface area contributed by atoms with Crippen molar-refractivity contribution in [1.29, 1.82) is 0 Å². The van der Waals surface area contributed by atoms with Crippen molar-refractivity contribution in [1.82, 2.24) is 9.47 Å². The van der Waals surface area contributed by atoms with Crippen LogP contribution < -0.4 is 0 Å². The van der Waals surface area contributed by atoms with E-state index < -0.39 is 0 Å². The highest BCUT2D eigenvalue weighted by molar-refractivity contribution is 5.91. The van der Waals surface area contributed by atoms with Gasteiger partial charge in [0.2, 0.25) is 0 Å². The minimum atomic E-state index is -0.186. The van der Waals surface area contributed by atoms with E-state index in [1.807, 2.05) is 12.1 Å². The molecule has 1 aliphatic heterocycles. The molecule has 0 bridgehead atoms. The van der Waals surface area contributed by atoms with Gasteiger partial charge >= 0.3 is 0 Å². The summed E-state index contributed by atoms with van der Waals surface area (Å²) < 4.78 is 15.7. The van der Waals surface area contributed by atoms with Crippen LogP contribution in [0.25, 0.3) is 17.0 Å². The Hall–Kier alpha value is -3.33. The van der Waals surface area contributed by atoms with Gasteiger partial charge < -0.3 is 9.47 Å². The maximum absolute atomic E-state index is 13.2. The Morgan fingerprint density at radius 3 is 2.40 bits per heavy atom. The van der Waals surface area contributed by atoms with Crippen LogP contribution in [0.1, 0.15) is 28.8 Å². The molecular weight excluding hydrogens is 371 g/mol. The third-order valence-electron chi connectivity index (χ3n) is 5.92. The number of para-hydroxylation sites is 1. The van der Waals surface area contributed by atoms with E-state index in [4.69, 9.17) is 0 Å². The number of aryl methyl sites for hydroxylation is 2. The first-order valence-corrected chi connectivity index (χ1v) is 10.6. The van der Waals surface area contributed by atoms with Gasteiger partial charge in [0, 0.05) is 41.4 Å². The van der Waals surface area contributed by atoms with Gasteiger partial charge in [-0.3, -0.25) is 0 Å². The van der Waals surface area contributed by atoms with Crippen LogP contribution in [-0.2, 0) is 26.1 Å². The standard InChI is InChI=1S/C27H25FN2/c28-23-14-12-22(13-15-23)19-29-18-16-25-24-10-4-5-11-26(24)30(27(25)20-29)17-6-9-21-7-2-1-3-8-21/h1-5,7-8,10-16,18H,6,9,17,19-20H2. The van der Waals surface area contributed by atoms with Crippen LogP contribution in [0.15, 0.2) is 85.1 Å². The average Bonchev–Trinajstić information content (AvgIpc) is 3.09. The van der Waals surface area contributed by atoms with Crippen molar-refractivity contribution in [3.63, 3.8) is 0 Å². The Bertz CT molecular complexity index is 1170. The summed E-state index contributed by atoms with van der Waals surface area (Å²) in [5.41, 5.74) is 6.52. The fraction of sp³-hybridized carbons (Fsp3) is 0.185. The van der Waals surface area contributed by atoms with Gasteiger partial charge in [0.05, 0.1) is 6.54 Å². The van der Waals surface area contributed by atoms with Crippen molar-refractivity contribution in [2.75, 3.05) is 0 Å². The number of hydrogen-bond acceptors (Lipinski definition) is 1. The number of hydrogen-bond donors (Lipinski definition) is 0. The van der Waals surface area contributed by atoms with Crippen LogP contribution in [-0.4, -0.2) is 9.47 Å². The first-order valence-electron chi connectivity index (χ1n) is 10.6. The van der Waals surface area contributed by atoms with Crippen LogP contribution in [0, 0.1) is 5.82 Å². The van der Waals surface area contributed by atoms with Gasteiger partial charge in [-0.2, -0.15) is 0 Å². The second-order valence-corrected chi connectivity index (χ2v) is 7.97. The van der Waals surface area contributed by atoms with Crippen LogP contribution in [0.5, 0.6) is 0 Å². The Morgan fingerprint density at radius 2 is 1.57 bits per heavy atom. The SMILES string of the molecule is Fc1ccc(CN2C=Cc3c(n(CCCc4ccccc4)c4ccccc34)C2)cc1. The summed E-state index contributed by atoms with van der Waals surface area (Å²) in [4.78, 5) is 2.31. The molecular formula is C27H25FN2. The first-order chi connectivity index (χ1) is 14.8. The molecule has 2 nitrogen and oxygen atoms in total. The molecule has 2 heterocycles. The summed E-state index contributed by atoms with van der Waals surface area (Å²) in [6.45, 7) is 2.65. The van der Waals surface area contributed by atoms with Gasteiger partial charge in [0.25, 0.3) is 0 Å². The van der Waals surface area contributed by atoms with Crippen molar-refractivity contribution in [3.05, 3.63) is 113 Å². The summed E-state index contributed by atoms with van der Waals surface area (Å²) in [5, 5.41) is 1.32. The summed E-state index contributed by atoms with van der Waals surface area (Å²) in [6.07, 6.45) is 6.60. The lowest BCUT2D eigenvalue weighted by Crippen LogP contribution is -2.21. The monoisotopic (exact) mass is 396 g/mol. The fourth-order valence-electron chi connectivity index (χ4n) is 4.44. The van der Waals surface area contributed by atoms with Gasteiger partial charge in [-0.1, -0.05) is 60.7 Å². The zero-order chi connectivity index (χ0) is 20.3. The minimum absolute atomic E-state index is 0.186. The average molecular weight is 397 g/mol. The van der Waals surface area contributed by atoms with Crippen LogP contribution in [0.3, 0.4) is 0 Å². The molecule has 0 spiro atoms. The molecule has 0 saturated carbocycles. The normalized spacial score (nSPS) is 13.0. The third-order valence-corrected chi connectivity index (χ3v) is 5.92. The molecule has 1 aliphatic rings. The molecule has 30 heavy (non-hydrogen) atoms. The molecule has 150 valence electrons. The number of rotatable bonds is 6. The van der Waals surface area contributed by atoms with Gasteiger partial charge in [0.15, 0.2) is 0 Å². The smallest absolute Gasteiger partial charge is 0.123 e. The van der Waals surface area contributed by atoms with Crippen molar-refractivity contribution in [3.8, 4) is 0 Å². The maximum Gasteiger partial charge on any atom is 0.123 e. The molecule has 5 rings (SSSR count).